The van der Waals surface area contributed by atoms with Gasteiger partial charge in [0.2, 0.25) is 0 Å². The van der Waals surface area contributed by atoms with Crippen LogP contribution in [0.3, 0.4) is 0 Å². The Hall–Kier alpha value is -1.05. The summed E-state index contributed by atoms with van der Waals surface area (Å²) in [4.78, 5) is 4.56. The van der Waals surface area contributed by atoms with Crippen LogP contribution in [0.5, 0.6) is 0 Å². The highest BCUT2D eigenvalue weighted by Crippen LogP contribution is 2.24. The van der Waals surface area contributed by atoms with Crippen molar-refractivity contribution in [3.63, 3.8) is 0 Å². The third-order valence-electron chi connectivity index (χ3n) is 3.46. The van der Waals surface area contributed by atoms with Crippen LogP contribution in [0, 0.1) is 0 Å². The monoisotopic (exact) mass is 325 g/mol. The van der Waals surface area contributed by atoms with Gasteiger partial charge in [0, 0.05) is 41.6 Å². The van der Waals surface area contributed by atoms with Gasteiger partial charge in [0.1, 0.15) is 5.01 Å². The molecule has 5 nitrogen and oxygen atoms in total. The molecule has 21 heavy (non-hydrogen) atoms. The number of thiazole rings is 1. The molecular formula is C14H19N3O2S2. The van der Waals surface area contributed by atoms with Gasteiger partial charge in [-0.25, -0.2) is 4.98 Å². The zero-order valence-electron chi connectivity index (χ0n) is 12.0. The maximum atomic E-state index is 12.2. The van der Waals surface area contributed by atoms with Crippen LogP contribution in [0.1, 0.15) is 25.0 Å². The summed E-state index contributed by atoms with van der Waals surface area (Å²) in [7, 11) is 0.978. The minimum Gasteiger partial charge on any atom is -0.377 e. The highest BCUT2D eigenvalue weighted by atomic mass is 32.2. The molecule has 0 spiro atoms. The molecule has 1 fully saturated rings. The molecular weight excluding hydrogens is 306 g/mol. The van der Waals surface area contributed by atoms with Crippen LogP contribution in [0.4, 0.5) is 0 Å². The molecule has 2 atom stereocenters. The summed E-state index contributed by atoms with van der Waals surface area (Å²) in [5.41, 5.74) is 1.91. The summed E-state index contributed by atoms with van der Waals surface area (Å²) in [5.74, 6) is 1.14. The van der Waals surface area contributed by atoms with Crippen molar-refractivity contribution in [2.24, 2.45) is 7.05 Å². The van der Waals surface area contributed by atoms with Gasteiger partial charge in [0.05, 0.1) is 29.5 Å². The Morgan fingerprint density at radius 2 is 2.43 bits per heavy atom. The Bertz CT molecular complexity index is 617. The van der Waals surface area contributed by atoms with Crippen molar-refractivity contribution >= 4 is 22.1 Å². The van der Waals surface area contributed by atoms with Crippen molar-refractivity contribution in [2.75, 3.05) is 12.4 Å². The second kappa shape index (κ2) is 6.81. The third kappa shape index (κ3) is 3.99. The molecule has 0 aromatic carbocycles. The molecule has 0 unspecified atom stereocenters. The van der Waals surface area contributed by atoms with E-state index in [1.807, 2.05) is 18.6 Å². The lowest BCUT2D eigenvalue weighted by molar-refractivity contribution is 0.0310. The number of hydrogen-bond donors (Lipinski definition) is 0. The fourth-order valence-corrected chi connectivity index (χ4v) is 4.58. The second-order valence-electron chi connectivity index (χ2n) is 5.29. The number of hydrogen-bond acceptors (Lipinski definition) is 5. The topological polar surface area (TPSA) is 57.0 Å². The van der Waals surface area contributed by atoms with Crippen molar-refractivity contribution < 1.29 is 8.95 Å². The number of aryl methyl sites for hydroxylation is 1. The minimum atomic E-state index is -0.908. The minimum absolute atomic E-state index is 0.163. The number of ether oxygens (including phenoxy) is 1. The van der Waals surface area contributed by atoms with Crippen LogP contribution in [-0.2, 0) is 28.3 Å². The van der Waals surface area contributed by atoms with Gasteiger partial charge in [-0.1, -0.05) is 0 Å². The summed E-state index contributed by atoms with van der Waals surface area (Å²) in [6.45, 7) is 0.809. The lowest BCUT2D eigenvalue weighted by Crippen LogP contribution is -2.25. The Balaban J connectivity index is 1.57. The largest absolute Gasteiger partial charge is 0.377 e. The lowest BCUT2D eigenvalue weighted by Gasteiger charge is -2.21. The Morgan fingerprint density at radius 3 is 3.14 bits per heavy atom. The molecule has 7 heteroatoms. The van der Waals surface area contributed by atoms with Crippen LogP contribution in [0.25, 0.3) is 10.6 Å². The average Bonchev–Trinajstić information content (AvgIpc) is 3.09. The molecule has 0 N–H and O–H groups in total. The molecule has 0 aliphatic carbocycles. The first-order chi connectivity index (χ1) is 10.2. The van der Waals surface area contributed by atoms with E-state index in [0.717, 1.165) is 35.7 Å². The van der Waals surface area contributed by atoms with Gasteiger partial charge in [0.15, 0.2) is 0 Å². The maximum Gasteiger partial charge on any atom is 0.126 e. The van der Waals surface area contributed by atoms with Crippen LogP contribution in [0.2, 0.25) is 0 Å². The predicted octanol–water partition coefficient (Wildman–Crippen LogP) is 2.36. The first-order valence-corrected chi connectivity index (χ1v) is 9.47. The standard InChI is InChI=1S/C14H19N3O2S2/c1-17-7-11(6-15-17)14-16-12(8-20-14)9-21(18)10-13-4-2-3-5-19-13/h6-8,13H,2-5,9-10H2,1H3/t13-,21-/m0/s1. The Kier molecular flexibility index (Phi) is 4.82. The van der Waals surface area contributed by atoms with Crippen molar-refractivity contribution in [3.8, 4) is 10.6 Å². The molecule has 114 valence electrons. The maximum absolute atomic E-state index is 12.2. The van der Waals surface area contributed by atoms with E-state index in [1.165, 1.54) is 6.42 Å². The SMILES string of the molecule is Cn1cc(-c2nc(C[S@](=O)C[C@@H]3CCCCO3)cs2)cn1. The van der Waals surface area contributed by atoms with Gasteiger partial charge in [-0.3, -0.25) is 8.89 Å². The second-order valence-corrected chi connectivity index (χ2v) is 7.65. The van der Waals surface area contributed by atoms with E-state index in [9.17, 15) is 4.21 Å². The molecule has 3 heterocycles. The first kappa shape index (κ1) is 14.9. The fourth-order valence-electron chi connectivity index (χ4n) is 2.41. The van der Waals surface area contributed by atoms with E-state index in [-0.39, 0.29) is 6.10 Å². The Morgan fingerprint density at radius 1 is 1.52 bits per heavy atom. The highest BCUT2D eigenvalue weighted by Gasteiger charge is 2.18. The number of aromatic nitrogens is 3. The summed E-state index contributed by atoms with van der Waals surface area (Å²) in [6.07, 6.45) is 7.25. The lowest BCUT2D eigenvalue weighted by atomic mass is 10.1. The van der Waals surface area contributed by atoms with Gasteiger partial charge in [-0.15, -0.1) is 11.3 Å². The molecule has 2 aromatic rings. The normalized spacial score (nSPS) is 20.5. The van der Waals surface area contributed by atoms with E-state index < -0.39 is 10.8 Å². The number of rotatable bonds is 5. The van der Waals surface area contributed by atoms with E-state index in [1.54, 1.807) is 22.2 Å². The zero-order valence-corrected chi connectivity index (χ0v) is 13.7. The van der Waals surface area contributed by atoms with Crippen molar-refractivity contribution in [1.82, 2.24) is 14.8 Å². The van der Waals surface area contributed by atoms with Gasteiger partial charge >= 0.3 is 0 Å². The molecule has 0 bridgehead atoms. The summed E-state index contributed by atoms with van der Waals surface area (Å²) < 4.78 is 19.6. The van der Waals surface area contributed by atoms with Gasteiger partial charge in [-0.05, 0) is 19.3 Å². The fraction of sp³-hybridized carbons (Fsp3) is 0.571. The van der Waals surface area contributed by atoms with Gasteiger partial charge in [-0.2, -0.15) is 5.10 Å². The quantitative estimate of drug-likeness (QED) is 0.847. The molecule has 1 saturated heterocycles. The molecule has 1 aliphatic rings. The molecule has 1 aliphatic heterocycles. The van der Waals surface area contributed by atoms with Crippen molar-refractivity contribution in [1.29, 1.82) is 0 Å². The molecule has 0 amide bonds. The van der Waals surface area contributed by atoms with E-state index in [4.69, 9.17) is 4.74 Å². The molecule has 2 aromatic heterocycles. The smallest absolute Gasteiger partial charge is 0.126 e. The first-order valence-electron chi connectivity index (χ1n) is 7.11. The van der Waals surface area contributed by atoms with Crippen molar-refractivity contribution in [2.45, 2.75) is 31.1 Å². The average molecular weight is 325 g/mol. The summed E-state index contributed by atoms with van der Waals surface area (Å²) >= 11 is 1.57. The molecule has 0 radical (unpaired) electrons. The van der Waals surface area contributed by atoms with Crippen LogP contribution in [-0.4, -0.2) is 37.4 Å². The van der Waals surface area contributed by atoms with Gasteiger partial charge in [0.25, 0.3) is 0 Å². The van der Waals surface area contributed by atoms with Crippen LogP contribution in [0.15, 0.2) is 17.8 Å². The number of nitrogens with zero attached hydrogens (tertiary/aromatic N) is 3. The predicted molar refractivity (Wildman–Crippen MR) is 84.6 cm³/mol. The molecule has 3 rings (SSSR count). The Labute approximate surface area is 130 Å². The van der Waals surface area contributed by atoms with Crippen LogP contribution >= 0.6 is 11.3 Å². The van der Waals surface area contributed by atoms with Crippen LogP contribution < -0.4 is 0 Å². The third-order valence-corrected chi connectivity index (χ3v) is 5.76. The van der Waals surface area contributed by atoms with Gasteiger partial charge < -0.3 is 4.74 Å². The van der Waals surface area contributed by atoms with E-state index in [0.29, 0.717) is 11.5 Å². The summed E-state index contributed by atoms with van der Waals surface area (Å²) in [5, 5.41) is 7.07. The van der Waals surface area contributed by atoms with E-state index in [2.05, 4.69) is 10.1 Å². The zero-order chi connectivity index (χ0) is 14.7. The summed E-state index contributed by atoms with van der Waals surface area (Å²) in [6, 6.07) is 0. The van der Waals surface area contributed by atoms with Crippen molar-refractivity contribution in [3.05, 3.63) is 23.5 Å². The highest BCUT2D eigenvalue weighted by molar-refractivity contribution is 7.84. The molecule has 0 saturated carbocycles. The van der Waals surface area contributed by atoms with E-state index >= 15 is 0 Å².